The van der Waals surface area contributed by atoms with E-state index < -0.39 is 0 Å². The first-order chi connectivity index (χ1) is 10.2. The number of likely N-dealkylation sites (N-methyl/N-ethyl adjacent to an activating group) is 1. The third-order valence-electron chi connectivity index (χ3n) is 3.84. The molecule has 1 aliphatic rings. The Balaban J connectivity index is 1.82. The number of nitrogens with zero attached hydrogens (tertiary/aromatic N) is 2. The van der Waals surface area contributed by atoms with Crippen LogP contribution in [0.4, 0.5) is 0 Å². The SMILES string of the molecule is CN(CCOCC1CC1)CC(/C(N)=N/O)c1ccccc1. The quantitative estimate of drug-likeness (QED) is 0.239. The van der Waals surface area contributed by atoms with Crippen LogP contribution in [0, 0.1) is 5.92 Å². The summed E-state index contributed by atoms with van der Waals surface area (Å²) in [4.78, 5) is 2.16. The summed E-state index contributed by atoms with van der Waals surface area (Å²) in [6, 6.07) is 9.89. The van der Waals surface area contributed by atoms with Gasteiger partial charge in [-0.05, 0) is 31.4 Å². The molecule has 1 aromatic rings. The second-order valence-electron chi connectivity index (χ2n) is 5.77. The summed E-state index contributed by atoms with van der Waals surface area (Å²) < 4.78 is 5.65. The lowest BCUT2D eigenvalue weighted by Gasteiger charge is -2.23. The zero-order chi connectivity index (χ0) is 15.1. The van der Waals surface area contributed by atoms with Crippen molar-refractivity contribution in [2.45, 2.75) is 18.8 Å². The van der Waals surface area contributed by atoms with Crippen LogP contribution < -0.4 is 5.73 Å². The van der Waals surface area contributed by atoms with E-state index in [0.29, 0.717) is 6.54 Å². The van der Waals surface area contributed by atoms with Crippen molar-refractivity contribution in [2.24, 2.45) is 16.8 Å². The summed E-state index contributed by atoms with van der Waals surface area (Å²) in [6.45, 7) is 3.16. The van der Waals surface area contributed by atoms with Crippen LogP contribution in [0.15, 0.2) is 35.5 Å². The number of benzene rings is 1. The molecule has 0 spiro atoms. The number of oxime groups is 1. The highest BCUT2D eigenvalue weighted by molar-refractivity contribution is 5.87. The van der Waals surface area contributed by atoms with Crippen LogP contribution in [0.5, 0.6) is 0 Å². The van der Waals surface area contributed by atoms with Gasteiger partial charge in [0.15, 0.2) is 0 Å². The molecule has 0 saturated heterocycles. The number of ether oxygens (including phenoxy) is 1. The predicted octanol–water partition coefficient (Wildman–Crippen LogP) is 1.88. The van der Waals surface area contributed by atoms with Gasteiger partial charge in [-0.2, -0.15) is 0 Å². The highest BCUT2D eigenvalue weighted by atomic mass is 16.5. The average molecular weight is 291 g/mol. The first kappa shape index (κ1) is 15.8. The molecular formula is C16H25N3O2. The van der Waals surface area contributed by atoms with Crippen molar-refractivity contribution in [1.29, 1.82) is 0 Å². The van der Waals surface area contributed by atoms with Gasteiger partial charge in [-0.15, -0.1) is 0 Å². The fourth-order valence-corrected chi connectivity index (χ4v) is 2.28. The Labute approximate surface area is 126 Å². The van der Waals surface area contributed by atoms with Crippen molar-refractivity contribution in [2.75, 3.05) is 33.4 Å². The summed E-state index contributed by atoms with van der Waals surface area (Å²) >= 11 is 0. The first-order valence-corrected chi connectivity index (χ1v) is 7.49. The molecule has 5 nitrogen and oxygen atoms in total. The minimum atomic E-state index is -0.107. The van der Waals surface area contributed by atoms with Gasteiger partial charge in [-0.25, -0.2) is 0 Å². The molecule has 1 unspecified atom stereocenters. The maximum atomic E-state index is 8.98. The molecule has 1 aromatic carbocycles. The number of hydrogen-bond donors (Lipinski definition) is 2. The van der Waals surface area contributed by atoms with E-state index in [1.54, 1.807) is 0 Å². The lowest BCUT2D eigenvalue weighted by Crippen LogP contribution is -2.34. The normalized spacial score (nSPS) is 17.1. The van der Waals surface area contributed by atoms with Crippen molar-refractivity contribution in [3.63, 3.8) is 0 Å². The molecule has 0 bridgehead atoms. The van der Waals surface area contributed by atoms with Gasteiger partial charge >= 0.3 is 0 Å². The maximum Gasteiger partial charge on any atom is 0.147 e. The van der Waals surface area contributed by atoms with Crippen LogP contribution >= 0.6 is 0 Å². The van der Waals surface area contributed by atoms with Gasteiger partial charge in [0.2, 0.25) is 0 Å². The molecule has 2 rings (SSSR count). The van der Waals surface area contributed by atoms with Gasteiger partial charge in [0, 0.05) is 19.7 Å². The van der Waals surface area contributed by atoms with Gasteiger partial charge in [-0.3, -0.25) is 0 Å². The molecule has 0 amide bonds. The van der Waals surface area contributed by atoms with Crippen LogP contribution in [-0.4, -0.2) is 49.3 Å². The molecule has 21 heavy (non-hydrogen) atoms. The van der Waals surface area contributed by atoms with Crippen LogP contribution in [0.3, 0.4) is 0 Å². The average Bonchev–Trinajstić information content (AvgIpc) is 3.33. The van der Waals surface area contributed by atoms with E-state index in [-0.39, 0.29) is 11.8 Å². The minimum absolute atomic E-state index is 0.107. The van der Waals surface area contributed by atoms with Gasteiger partial charge in [0.25, 0.3) is 0 Å². The van der Waals surface area contributed by atoms with Gasteiger partial charge in [0.1, 0.15) is 5.84 Å². The van der Waals surface area contributed by atoms with E-state index >= 15 is 0 Å². The monoisotopic (exact) mass is 291 g/mol. The first-order valence-electron chi connectivity index (χ1n) is 7.49. The third kappa shape index (κ3) is 5.36. The van der Waals surface area contributed by atoms with Gasteiger partial charge < -0.3 is 20.6 Å². The molecule has 3 N–H and O–H groups in total. The predicted molar refractivity (Wildman–Crippen MR) is 83.6 cm³/mol. The summed E-state index contributed by atoms with van der Waals surface area (Å²) in [6.07, 6.45) is 2.63. The van der Waals surface area contributed by atoms with E-state index in [4.69, 9.17) is 15.7 Å². The zero-order valence-electron chi connectivity index (χ0n) is 12.6. The zero-order valence-corrected chi connectivity index (χ0v) is 12.6. The van der Waals surface area contributed by atoms with Crippen molar-refractivity contribution >= 4 is 5.84 Å². The molecule has 0 radical (unpaired) electrons. The van der Waals surface area contributed by atoms with Crippen LogP contribution in [-0.2, 0) is 4.74 Å². The Morgan fingerprint density at radius 3 is 2.76 bits per heavy atom. The van der Waals surface area contributed by atoms with Crippen molar-refractivity contribution < 1.29 is 9.94 Å². The molecule has 1 saturated carbocycles. The highest BCUT2D eigenvalue weighted by Gasteiger charge is 2.21. The Bertz CT molecular complexity index is 446. The van der Waals surface area contributed by atoms with Gasteiger partial charge in [-0.1, -0.05) is 35.5 Å². The van der Waals surface area contributed by atoms with Crippen molar-refractivity contribution in [3.8, 4) is 0 Å². The fraction of sp³-hybridized carbons (Fsp3) is 0.562. The maximum absolute atomic E-state index is 8.98. The topological polar surface area (TPSA) is 71.1 Å². The molecule has 1 fully saturated rings. The molecule has 0 aliphatic heterocycles. The van der Waals surface area contributed by atoms with Crippen LogP contribution in [0.2, 0.25) is 0 Å². The largest absolute Gasteiger partial charge is 0.409 e. The molecule has 0 heterocycles. The van der Waals surface area contributed by atoms with Crippen molar-refractivity contribution in [3.05, 3.63) is 35.9 Å². The summed E-state index contributed by atoms with van der Waals surface area (Å²) in [5.41, 5.74) is 6.90. The van der Waals surface area contributed by atoms with Crippen LogP contribution in [0.25, 0.3) is 0 Å². The second-order valence-corrected chi connectivity index (χ2v) is 5.77. The van der Waals surface area contributed by atoms with Gasteiger partial charge in [0.05, 0.1) is 12.5 Å². The smallest absolute Gasteiger partial charge is 0.147 e. The summed E-state index contributed by atoms with van der Waals surface area (Å²) in [5, 5.41) is 12.2. The standard InChI is InChI=1S/C16H25N3O2/c1-19(9-10-21-12-13-7-8-13)11-15(16(17)18-20)14-5-3-2-4-6-14/h2-6,13,15,20H,7-12H2,1H3,(H2,17,18). The lowest BCUT2D eigenvalue weighted by atomic mass is 9.97. The fourth-order valence-electron chi connectivity index (χ4n) is 2.28. The second kappa shape index (κ2) is 8.00. The van der Waals surface area contributed by atoms with E-state index in [2.05, 4.69) is 10.1 Å². The van der Waals surface area contributed by atoms with E-state index in [1.807, 2.05) is 37.4 Å². The van der Waals surface area contributed by atoms with E-state index in [0.717, 1.165) is 31.2 Å². The molecule has 0 aromatic heterocycles. The highest BCUT2D eigenvalue weighted by Crippen LogP contribution is 2.28. The van der Waals surface area contributed by atoms with E-state index in [1.165, 1.54) is 12.8 Å². The summed E-state index contributed by atoms with van der Waals surface area (Å²) in [5.74, 6) is 0.932. The van der Waals surface area contributed by atoms with Crippen molar-refractivity contribution in [1.82, 2.24) is 4.90 Å². The third-order valence-corrected chi connectivity index (χ3v) is 3.84. The van der Waals surface area contributed by atoms with Crippen LogP contribution in [0.1, 0.15) is 24.3 Å². The Morgan fingerprint density at radius 1 is 1.43 bits per heavy atom. The number of rotatable bonds is 9. The molecular weight excluding hydrogens is 266 g/mol. The lowest BCUT2D eigenvalue weighted by molar-refractivity contribution is 0.103. The summed E-state index contributed by atoms with van der Waals surface area (Å²) in [7, 11) is 2.03. The number of nitrogens with two attached hydrogens (primary N) is 1. The number of amidine groups is 1. The molecule has 1 aliphatic carbocycles. The Kier molecular flexibility index (Phi) is 6.02. The molecule has 1 atom stereocenters. The minimum Gasteiger partial charge on any atom is -0.409 e. The van der Waals surface area contributed by atoms with E-state index in [9.17, 15) is 0 Å². The number of hydrogen-bond acceptors (Lipinski definition) is 4. The Morgan fingerprint density at radius 2 is 2.14 bits per heavy atom. The molecule has 116 valence electrons. The molecule has 5 heteroatoms. The Hall–Kier alpha value is -1.59.